The number of benzene rings is 1. The van der Waals surface area contributed by atoms with Crippen LogP contribution in [-0.2, 0) is 4.74 Å². The number of ether oxygens (including phenoxy) is 1. The number of hydrogen-bond acceptors (Lipinski definition) is 3. The molecule has 0 saturated carbocycles. The third kappa shape index (κ3) is 4.33. The van der Waals surface area contributed by atoms with Gasteiger partial charge in [0.1, 0.15) is 0 Å². The summed E-state index contributed by atoms with van der Waals surface area (Å²) in [7, 11) is 0. The highest BCUT2D eigenvalue weighted by molar-refractivity contribution is 6.30. The molecule has 2 saturated heterocycles. The van der Waals surface area contributed by atoms with Gasteiger partial charge in [0.05, 0.1) is 19.8 Å². The molecule has 3 rings (SSSR count). The number of anilines is 1. The second-order valence-electron chi connectivity index (χ2n) is 7.05. The summed E-state index contributed by atoms with van der Waals surface area (Å²) in [6.07, 6.45) is 1.09. The molecule has 2 aliphatic rings. The molecule has 1 aromatic rings. The normalized spacial score (nSPS) is 23.0. The van der Waals surface area contributed by atoms with E-state index in [9.17, 15) is 0 Å². The first kappa shape index (κ1) is 17.4. The van der Waals surface area contributed by atoms with Crippen LogP contribution in [0.1, 0.15) is 20.3 Å². The topological polar surface area (TPSA) is 48.9 Å². The minimum atomic E-state index is 0.199. The molecule has 0 spiro atoms. The number of nitrogens with zero attached hydrogens (tertiary/aromatic N) is 2. The molecular weight excluding hydrogens is 324 g/mol. The predicted molar refractivity (Wildman–Crippen MR) is 100 cm³/mol. The first-order chi connectivity index (χ1) is 11.6. The van der Waals surface area contributed by atoms with Crippen molar-refractivity contribution in [1.29, 1.82) is 0 Å². The monoisotopic (exact) mass is 350 g/mol. The Morgan fingerprint density at radius 3 is 2.96 bits per heavy atom. The smallest absolute Gasteiger partial charge is 0.191 e. The maximum atomic E-state index is 6.11. The van der Waals surface area contributed by atoms with Crippen LogP contribution in [-0.4, -0.2) is 51.4 Å². The Bertz CT molecular complexity index is 588. The van der Waals surface area contributed by atoms with Crippen LogP contribution in [0.15, 0.2) is 29.3 Å². The predicted octanol–water partition coefficient (Wildman–Crippen LogP) is 2.51. The van der Waals surface area contributed by atoms with E-state index in [-0.39, 0.29) is 5.41 Å². The summed E-state index contributed by atoms with van der Waals surface area (Å²) in [6.45, 7) is 9.59. The SMILES string of the molecule is CCNC(=NCC1(C)COC1)NC1CCN(c2cccc(Cl)c2)C1. The van der Waals surface area contributed by atoms with Gasteiger partial charge in [-0.25, -0.2) is 0 Å². The first-order valence-corrected chi connectivity index (χ1v) is 9.09. The Morgan fingerprint density at radius 2 is 2.29 bits per heavy atom. The van der Waals surface area contributed by atoms with Crippen LogP contribution in [0.25, 0.3) is 0 Å². The third-order valence-corrected chi connectivity index (χ3v) is 4.80. The van der Waals surface area contributed by atoms with E-state index in [2.05, 4.69) is 35.4 Å². The molecule has 5 nitrogen and oxygen atoms in total. The molecule has 1 aromatic carbocycles. The molecule has 0 amide bonds. The minimum Gasteiger partial charge on any atom is -0.380 e. The van der Waals surface area contributed by atoms with Crippen molar-refractivity contribution in [3.8, 4) is 0 Å². The number of guanidine groups is 1. The maximum Gasteiger partial charge on any atom is 0.191 e. The number of nitrogens with one attached hydrogen (secondary N) is 2. The van der Waals surface area contributed by atoms with Crippen molar-refractivity contribution in [3.63, 3.8) is 0 Å². The first-order valence-electron chi connectivity index (χ1n) is 8.71. The van der Waals surface area contributed by atoms with Crippen LogP contribution in [0.5, 0.6) is 0 Å². The Morgan fingerprint density at radius 1 is 1.46 bits per heavy atom. The summed E-state index contributed by atoms with van der Waals surface area (Å²) in [5, 5.41) is 7.71. The molecule has 2 N–H and O–H groups in total. The van der Waals surface area contributed by atoms with Crippen LogP contribution in [0.4, 0.5) is 5.69 Å². The molecule has 24 heavy (non-hydrogen) atoms. The number of halogens is 1. The van der Waals surface area contributed by atoms with Gasteiger partial charge in [-0.05, 0) is 31.5 Å². The van der Waals surface area contributed by atoms with Gasteiger partial charge in [0, 0.05) is 41.8 Å². The molecule has 0 aliphatic carbocycles. The van der Waals surface area contributed by atoms with Crippen molar-refractivity contribution < 1.29 is 4.74 Å². The van der Waals surface area contributed by atoms with E-state index in [0.717, 1.165) is 56.8 Å². The summed E-state index contributed by atoms with van der Waals surface area (Å²) in [6, 6.07) is 8.46. The summed E-state index contributed by atoms with van der Waals surface area (Å²) in [4.78, 5) is 7.13. The molecule has 2 heterocycles. The van der Waals surface area contributed by atoms with Crippen LogP contribution in [0.2, 0.25) is 5.02 Å². The van der Waals surface area contributed by atoms with E-state index < -0.39 is 0 Å². The molecule has 0 aromatic heterocycles. The molecule has 2 aliphatic heterocycles. The number of hydrogen-bond donors (Lipinski definition) is 2. The van der Waals surface area contributed by atoms with Crippen molar-refractivity contribution >= 4 is 23.2 Å². The zero-order valence-corrected chi connectivity index (χ0v) is 15.3. The van der Waals surface area contributed by atoms with Crippen LogP contribution < -0.4 is 15.5 Å². The lowest BCUT2D eigenvalue weighted by Crippen LogP contribution is -2.47. The van der Waals surface area contributed by atoms with Gasteiger partial charge in [0.2, 0.25) is 0 Å². The Hall–Kier alpha value is -1.46. The fourth-order valence-electron chi connectivity index (χ4n) is 3.11. The van der Waals surface area contributed by atoms with Crippen molar-refractivity contribution in [2.45, 2.75) is 26.3 Å². The van der Waals surface area contributed by atoms with Gasteiger partial charge >= 0.3 is 0 Å². The number of aliphatic imine (C=N–C) groups is 1. The van der Waals surface area contributed by atoms with E-state index >= 15 is 0 Å². The molecular formula is C18H27ClN4O. The molecule has 6 heteroatoms. The zero-order valence-electron chi connectivity index (χ0n) is 14.5. The van der Waals surface area contributed by atoms with Crippen LogP contribution in [0.3, 0.4) is 0 Å². The van der Waals surface area contributed by atoms with Gasteiger partial charge in [-0.15, -0.1) is 0 Å². The lowest BCUT2D eigenvalue weighted by molar-refractivity contribution is -0.0945. The van der Waals surface area contributed by atoms with Gasteiger partial charge < -0.3 is 20.3 Å². The summed E-state index contributed by atoms with van der Waals surface area (Å²) >= 11 is 6.11. The fraction of sp³-hybridized carbons (Fsp3) is 0.611. The highest BCUT2D eigenvalue weighted by Crippen LogP contribution is 2.26. The summed E-state index contributed by atoms with van der Waals surface area (Å²) in [5.41, 5.74) is 1.39. The third-order valence-electron chi connectivity index (χ3n) is 4.57. The standard InChI is InChI=1S/C18H27ClN4O/c1-3-20-17(21-11-18(2)12-24-13-18)22-15-7-8-23(10-15)16-6-4-5-14(19)9-16/h4-6,9,15H,3,7-8,10-13H2,1-2H3,(H2,20,21,22). The zero-order chi connectivity index (χ0) is 17.0. The number of rotatable bonds is 5. The average Bonchev–Trinajstić information content (AvgIpc) is 2.99. The largest absolute Gasteiger partial charge is 0.380 e. The lowest BCUT2D eigenvalue weighted by atomic mass is 9.89. The Labute approximate surface area is 149 Å². The molecule has 0 radical (unpaired) electrons. The van der Waals surface area contributed by atoms with Gasteiger partial charge in [0.15, 0.2) is 5.96 Å². The second-order valence-corrected chi connectivity index (χ2v) is 7.49. The van der Waals surface area contributed by atoms with Gasteiger partial charge in [-0.1, -0.05) is 24.6 Å². The van der Waals surface area contributed by atoms with E-state index in [1.165, 1.54) is 5.69 Å². The van der Waals surface area contributed by atoms with E-state index in [0.29, 0.717) is 6.04 Å². The second kappa shape index (κ2) is 7.62. The highest BCUT2D eigenvalue weighted by Gasteiger charge is 2.33. The van der Waals surface area contributed by atoms with E-state index in [1.807, 2.05) is 18.2 Å². The molecule has 0 bridgehead atoms. The van der Waals surface area contributed by atoms with Gasteiger partial charge in [-0.3, -0.25) is 4.99 Å². The average molecular weight is 351 g/mol. The van der Waals surface area contributed by atoms with Gasteiger partial charge in [-0.2, -0.15) is 0 Å². The molecule has 1 atom stereocenters. The Kier molecular flexibility index (Phi) is 5.51. The van der Waals surface area contributed by atoms with Crippen molar-refractivity contribution in [2.24, 2.45) is 10.4 Å². The molecule has 132 valence electrons. The van der Waals surface area contributed by atoms with E-state index in [4.69, 9.17) is 21.3 Å². The van der Waals surface area contributed by atoms with E-state index in [1.54, 1.807) is 0 Å². The summed E-state index contributed by atoms with van der Waals surface area (Å²) in [5.74, 6) is 0.906. The van der Waals surface area contributed by atoms with Gasteiger partial charge in [0.25, 0.3) is 0 Å². The van der Waals surface area contributed by atoms with Crippen molar-refractivity contribution in [3.05, 3.63) is 29.3 Å². The van der Waals surface area contributed by atoms with Crippen molar-refractivity contribution in [2.75, 3.05) is 44.3 Å². The molecule has 2 fully saturated rings. The van der Waals surface area contributed by atoms with Crippen LogP contribution in [0, 0.1) is 5.41 Å². The fourth-order valence-corrected chi connectivity index (χ4v) is 3.30. The highest BCUT2D eigenvalue weighted by atomic mass is 35.5. The maximum absolute atomic E-state index is 6.11. The lowest BCUT2D eigenvalue weighted by Gasteiger charge is -2.36. The molecule has 1 unspecified atom stereocenters. The quantitative estimate of drug-likeness (QED) is 0.633. The minimum absolute atomic E-state index is 0.199. The summed E-state index contributed by atoms with van der Waals surface area (Å²) < 4.78 is 5.31. The van der Waals surface area contributed by atoms with Crippen LogP contribution >= 0.6 is 11.6 Å². The van der Waals surface area contributed by atoms with Crippen molar-refractivity contribution in [1.82, 2.24) is 10.6 Å². The Balaban J connectivity index is 1.56.